The fourth-order valence-corrected chi connectivity index (χ4v) is 1.67. The largest absolute Gasteiger partial charge is 0.397 e. The molecule has 3 nitrogen and oxygen atoms in total. The smallest absolute Gasteiger partial charge is 0.150 e. The van der Waals surface area contributed by atoms with Crippen molar-refractivity contribution in [2.45, 2.75) is 0 Å². The van der Waals surface area contributed by atoms with Gasteiger partial charge in [-0.15, -0.1) is 0 Å². The number of hydrogen-bond acceptors (Lipinski definition) is 3. The minimum absolute atomic E-state index is 0.245. The third kappa shape index (κ3) is 2.71. The van der Waals surface area contributed by atoms with Crippen LogP contribution in [0.15, 0.2) is 34.9 Å². The maximum Gasteiger partial charge on any atom is 0.150 e. The van der Waals surface area contributed by atoms with E-state index in [4.69, 9.17) is 5.73 Å². The molecule has 0 aliphatic heterocycles. The highest BCUT2D eigenvalue weighted by atomic mass is 79.9. The van der Waals surface area contributed by atoms with E-state index in [-0.39, 0.29) is 5.69 Å². The fraction of sp³-hybridized carbons (Fsp3) is 0. The summed E-state index contributed by atoms with van der Waals surface area (Å²) in [7, 11) is 0. The van der Waals surface area contributed by atoms with Crippen molar-refractivity contribution in [2.75, 3.05) is 11.1 Å². The Hall–Kier alpha value is -1.69. The second kappa shape index (κ2) is 4.67. The summed E-state index contributed by atoms with van der Waals surface area (Å²) in [4.78, 5) is 3.90. The van der Waals surface area contributed by atoms with Crippen molar-refractivity contribution in [3.8, 4) is 0 Å². The minimum atomic E-state index is -0.699. The molecule has 0 amide bonds. The molecular weight excluding hydrogens is 292 g/mol. The number of aromatic nitrogens is 1. The van der Waals surface area contributed by atoms with E-state index in [0.717, 1.165) is 0 Å². The van der Waals surface area contributed by atoms with Crippen molar-refractivity contribution >= 4 is 33.1 Å². The van der Waals surface area contributed by atoms with Gasteiger partial charge >= 0.3 is 0 Å². The molecule has 0 aliphatic carbocycles. The van der Waals surface area contributed by atoms with Gasteiger partial charge in [0.2, 0.25) is 0 Å². The van der Waals surface area contributed by atoms with E-state index in [2.05, 4.69) is 26.2 Å². The van der Waals surface area contributed by atoms with E-state index in [1.165, 1.54) is 24.4 Å². The SMILES string of the molecule is Nc1ccc(Nc2c(F)cc(Br)cc2F)nc1. The van der Waals surface area contributed by atoms with Crippen molar-refractivity contribution in [3.05, 3.63) is 46.6 Å². The lowest BCUT2D eigenvalue weighted by Crippen LogP contribution is -2.00. The Morgan fingerprint density at radius 3 is 2.35 bits per heavy atom. The highest BCUT2D eigenvalue weighted by Crippen LogP contribution is 2.26. The van der Waals surface area contributed by atoms with Crippen molar-refractivity contribution in [1.82, 2.24) is 4.98 Å². The predicted molar refractivity (Wildman–Crippen MR) is 66.0 cm³/mol. The molecule has 88 valence electrons. The van der Waals surface area contributed by atoms with Gasteiger partial charge in [-0.1, -0.05) is 15.9 Å². The monoisotopic (exact) mass is 299 g/mol. The van der Waals surface area contributed by atoms with Gasteiger partial charge in [0.1, 0.15) is 11.5 Å². The second-order valence-corrected chi connectivity index (χ2v) is 4.26. The average Bonchev–Trinajstić information content (AvgIpc) is 2.26. The van der Waals surface area contributed by atoms with Gasteiger partial charge in [-0.25, -0.2) is 13.8 Å². The van der Waals surface area contributed by atoms with Crippen LogP contribution in [-0.4, -0.2) is 4.98 Å². The molecule has 0 saturated carbocycles. The summed E-state index contributed by atoms with van der Waals surface area (Å²) >= 11 is 3.00. The highest BCUT2D eigenvalue weighted by Gasteiger charge is 2.10. The van der Waals surface area contributed by atoms with E-state index in [1.54, 1.807) is 6.07 Å². The first-order valence-corrected chi connectivity index (χ1v) is 5.48. The summed E-state index contributed by atoms with van der Waals surface area (Å²) in [6.07, 6.45) is 1.40. The molecule has 0 unspecified atom stereocenters. The molecule has 0 aliphatic rings. The van der Waals surface area contributed by atoms with Crippen LogP contribution in [0.2, 0.25) is 0 Å². The zero-order chi connectivity index (χ0) is 12.4. The van der Waals surface area contributed by atoms with Gasteiger partial charge in [-0.05, 0) is 24.3 Å². The number of halogens is 3. The van der Waals surface area contributed by atoms with Crippen LogP contribution in [0.5, 0.6) is 0 Å². The summed E-state index contributed by atoms with van der Waals surface area (Å²) in [5.41, 5.74) is 5.69. The van der Waals surface area contributed by atoms with Crippen LogP contribution in [0, 0.1) is 11.6 Å². The minimum Gasteiger partial charge on any atom is -0.397 e. The lowest BCUT2D eigenvalue weighted by molar-refractivity contribution is 0.589. The molecule has 6 heteroatoms. The zero-order valence-corrected chi connectivity index (χ0v) is 10.1. The standard InChI is InChI=1S/C11H8BrF2N3/c12-6-3-8(13)11(9(14)4-6)17-10-2-1-7(15)5-16-10/h1-5H,15H2,(H,16,17). The molecule has 0 spiro atoms. The maximum atomic E-state index is 13.5. The first kappa shape index (κ1) is 11.8. The Bertz CT molecular complexity index is 520. The van der Waals surface area contributed by atoms with Crippen LogP contribution < -0.4 is 11.1 Å². The normalized spacial score (nSPS) is 10.3. The number of pyridine rings is 1. The molecule has 2 rings (SSSR count). The van der Waals surface area contributed by atoms with E-state index < -0.39 is 11.6 Å². The molecule has 0 bridgehead atoms. The van der Waals surface area contributed by atoms with Gasteiger partial charge in [-0.2, -0.15) is 0 Å². The summed E-state index contributed by atoms with van der Waals surface area (Å²) in [6, 6.07) is 5.46. The van der Waals surface area contributed by atoms with Gasteiger partial charge in [0.25, 0.3) is 0 Å². The van der Waals surface area contributed by atoms with Crippen LogP contribution >= 0.6 is 15.9 Å². The van der Waals surface area contributed by atoms with E-state index in [0.29, 0.717) is 16.0 Å². The van der Waals surface area contributed by atoms with Crippen molar-refractivity contribution < 1.29 is 8.78 Å². The zero-order valence-electron chi connectivity index (χ0n) is 8.55. The molecule has 2 aromatic rings. The van der Waals surface area contributed by atoms with E-state index in [1.807, 2.05) is 0 Å². The maximum absolute atomic E-state index is 13.5. The quantitative estimate of drug-likeness (QED) is 0.893. The summed E-state index contributed by atoms with van der Waals surface area (Å²) in [5, 5.41) is 2.56. The Labute approximate surface area is 105 Å². The lowest BCUT2D eigenvalue weighted by atomic mass is 10.3. The third-order valence-electron chi connectivity index (χ3n) is 2.05. The summed E-state index contributed by atoms with van der Waals surface area (Å²) < 4.78 is 27.3. The summed E-state index contributed by atoms with van der Waals surface area (Å²) in [6.45, 7) is 0. The molecule has 1 aromatic carbocycles. The third-order valence-corrected chi connectivity index (χ3v) is 2.50. The van der Waals surface area contributed by atoms with Gasteiger partial charge in [0, 0.05) is 4.47 Å². The number of nitrogens with two attached hydrogens (primary N) is 1. The molecule has 1 heterocycles. The van der Waals surface area contributed by atoms with Crippen LogP contribution in [0.4, 0.5) is 26.0 Å². The number of nitrogens with zero attached hydrogens (tertiary/aromatic N) is 1. The van der Waals surface area contributed by atoms with Crippen molar-refractivity contribution in [2.24, 2.45) is 0 Å². The van der Waals surface area contributed by atoms with Gasteiger partial charge in [0.05, 0.1) is 11.9 Å². The number of hydrogen-bond donors (Lipinski definition) is 2. The van der Waals surface area contributed by atoms with Crippen LogP contribution in [0.1, 0.15) is 0 Å². The molecule has 0 radical (unpaired) electrons. The summed E-state index contributed by atoms with van der Waals surface area (Å²) in [5.74, 6) is -1.08. The van der Waals surface area contributed by atoms with Crippen LogP contribution in [0.25, 0.3) is 0 Å². The lowest BCUT2D eigenvalue weighted by Gasteiger charge is -2.08. The van der Waals surface area contributed by atoms with Gasteiger partial charge < -0.3 is 11.1 Å². The van der Waals surface area contributed by atoms with Gasteiger partial charge in [0.15, 0.2) is 11.6 Å². The first-order valence-electron chi connectivity index (χ1n) is 4.69. The van der Waals surface area contributed by atoms with Crippen LogP contribution in [0.3, 0.4) is 0 Å². The second-order valence-electron chi connectivity index (χ2n) is 3.35. The van der Waals surface area contributed by atoms with Crippen molar-refractivity contribution in [1.29, 1.82) is 0 Å². The highest BCUT2D eigenvalue weighted by molar-refractivity contribution is 9.10. The van der Waals surface area contributed by atoms with Crippen molar-refractivity contribution in [3.63, 3.8) is 0 Å². The van der Waals surface area contributed by atoms with E-state index in [9.17, 15) is 8.78 Å². The predicted octanol–water partition coefficient (Wildman–Crippen LogP) is 3.45. The molecule has 1 aromatic heterocycles. The Morgan fingerprint density at radius 2 is 1.82 bits per heavy atom. The molecular formula is C11H8BrF2N3. The molecule has 0 fully saturated rings. The number of benzene rings is 1. The molecule has 0 atom stereocenters. The Morgan fingerprint density at radius 1 is 1.18 bits per heavy atom. The molecule has 17 heavy (non-hydrogen) atoms. The molecule has 3 N–H and O–H groups in total. The average molecular weight is 300 g/mol. The molecule has 0 saturated heterocycles. The number of rotatable bonds is 2. The first-order chi connectivity index (χ1) is 8.06. The number of nitrogens with one attached hydrogen (secondary N) is 1. The Kier molecular flexibility index (Phi) is 3.23. The topological polar surface area (TPSA) is 50.9 Å². The Balaban J connectivity index is 2.33. The number of nitrogen functional groups attached to an aromatic ring is 1. The fourth-order valence-electron chi connectivity index (χ4n) is 1.27. The van der Waals surface area contributed by atoms with Crippen LogP contribution in [-0.2, 0) is 0 Å². The van der Waals surface area contributed by atoms with Gasteiger partial charge in [-0.3, -0.25) is 0 Å². The number of anilines is 3. The van der Waals surface area contributed by atoms with E-state index >= 15 is 0 Å².